The van der Waals surface area contributed by atoms with E-state index in [1.165, 1.54) is 0 Å². The maximum absolute atomic E-state index is 13.4. The topological polar surface area (TPSA) is 73.9 Å². The fourth-order valence-electron chi connectivity index (χ4n) is 2.62. The van der Waals surface area contributed by atoms with E-state index in [4.69, 9.17) is 25.4 Å². The Kier molecular flexibility index (Phi) is 6.46. The van der Waals surface area contributed by atoms with E-state index in [1.54, 1.807) is 24.3 Å². The molecule has 8 heteroatoms. The summed E-state index contributed by atoms with van der Waals surface area (Å²) in [4.78, 5) is 12.4. The number of hydrogen-bond acceptors (Lipinski definition) is 5. The Bertz CT molecular complexity index is 843. The fraction of sp³-hybridized carbons (Fsp3) is 0.350. The highest BCUT2D eigenvalue weighted by Gasteiger charge is 2.44. The number of carbonyl (C=O) groups is 1. The van der Waals surface area contributed by atoms with Crippen LogP contribution in [0.2, 0.25) is 5.02 Å². The van der Waals surface area contributed by atoms with Gasteiger partial charge in [0.15, 0.2) is 5.78 Å². The van der Waals surface area contributed by atoms with Gasteiger partial charge in [0.1, 0.15) is 6.61 Å². The van der Waals surface area contributed by atoms with Gasteiger partial charge in [-0.25, -0.2) is 4.79 Å². The van der Waals surface area contributed by atoms with E-state index in [1.807, 2.05) is 44.2 Å². The molecule has 1 atom stereocenters. The van der Waals surface area contributed by atoms with Gasteiger partial charge in [0.2, 0.25) is 0 Å². The van der Waals surface area contributed by atoms with Gasteiger partial charge in [-0.3, -0.25) is 4.57 Å². The van der Waals surface area contributed by atoms with Gasteiger partial charge in [0.05, 0.1) is 13.2 Å². The van der Waals surface area contributed by atoms with Crippen LogP contribution in [0.4, 0.5) is 4.79 Å². The standard InChI is InChI=1S/C20H23ClNO5P/c1-20(2)13-26-28(24,27-14-20)18(16-8-10-17(21)11-9-16)22-19(23)25-12-15-6-4-3-5-7-15/h3-11,18H,12-14H2,1-2H3,(H,22,23). The highest BCUT2D eigenvalue weighted by atomic mass is 35.5. The summed E-state index contributed by atoms with van der Waals surface area (Å²) in [5.41, 5.74) is 1.15. The number of ether oxygens (including phenoxy) is 1. The molecule has 0 radical (unpaired) electrons. The molecule has 1 saturated heterocycles. The third kappa shape index (κ3) is 5.36. The Morgan fingerprint density at radius 3 is 2.36 bits per heavy atom. The molecular weight excluding hydrogens is 401 g/mol. The summed E-state index contributed by atoms with van der Waals surface area (Å²) in [6.07, 6.45) is -0.712. The molecule has 150 valence electrons. The summed E-state index contributed by atoms with van der Waals surface area (Å²) >= 11 is 5.95. The van der Waals surface area contributed by atoms with Crippen molar-refractivity contribution in [1.29, 1.82) is 0 Å². The Labute approximate surface area is 169 Å². The van der Waals surface area contributed by atoms with Crippen molar-refractivity contribution in [2.75, 3.05) is 13.2 Å². The molecule has 1 aliphatic heterocycles. The number of alkyl carbamates (subject to hydrolysis) is 1. The van der Waals surface area contributed by atoms with Crippen LogP contribution in [-0.4, -0.2) is 19.3 Å². The molecule has 0 aromatic heterocycles. The van der Waals surface area contributed by atoms with Gasteiger partial charge >= 0.3 is 13.7 Å². The molecule has 1 fully saturated rings. The lowest BCUT2D eigenvalue weighted by Gasteiger charge is -2.37. The highest BCUT2D eigenvalue weighted by Crippen LogP contribution is 2.63. The van der Waals surface area contributed by atoms with Gasteiger partial charge in [-0.05, 0) is 23.3 Å². The van der Waals surface area contributed by atoms with Crippen LogP contribution in [0.1, 0.15) is 30.8 Å². The van der Waals surface area contributed by atoms with Crippen molar-refractivity contribution in [3.05, 3.63) is 70.7 Å². The Morgan fingerprint density at radius 1 is 1.14 bits per heavy atom. The molecule has 1 amide bonds. The van der Waals surface area contributed by atoms with E-state index in [2.05, 4.69) is 5.32 Å². The lowest BCUT2D eigenvalue weighted by molar-refractivity contribution is 0.0360. The largest absolute Gasteiger partial charge is 0.445 e. The quantitative estimate of drug-likeness (QED) is 0.640. The lowest BCUT2D eigenvalue weighted by Crippen LogP contribution is -2.35. The zero-order valence-corrected chi connectivity index (χ0v) is 17.4. The van der Waals surface area contributed by atoms with Crippen molar-refractivity contribution in [2.24, 2.45) is 5.41 Å². The monoisotopic (exact) mass is 423 g/mol. The second-order valence-electron chi connectivity index (χ2n) is 7.41. The van der Waals surface area contributed by atoms with Crippen molar-refractivity contribution < 1.29 is 23.1 Å². The summed E-state index contributed by atoms with van der Waals surface area (Å²) in [6, 6.07) is 16.0. The smallest absolute Gasteiger partial charge is 0.408 e. The summed E-state index contributed by atoms with van der Waals surface area (Å²) in [6.45, 7) is 4.52. The second-order valence-corrected chi connectivity index (χ2v) is 9.96. The summed E-state index contributed by atoms with van der Waals surface area (Å²) < 4.78 is 29.9. The van der Waals surface area contributed by atoms with Gasteiger partial charge in [-0.2, -0.15) is 0 Å². The van der Waals surface area contributed by atoms with Crippen LogP contribution in [0.5, 0.6) is 0 Å². The summed E-state index contributed by atoms with van der Waals surface area (Å²) in [5, 5.41) is 3.17. The first-order chi connectivity index (χ1) is 13.3. The molecule has 3 rings (SSSR count). The second kappa shape index (κ2) is 8.66. The molecule has 1 heterocycles. The first-order valence-corrected chi connectivity index (χ1v) is 10.9. The molecule has 1 aliphatic rings. The normalized spacial score (nSPS) is 18.8. The zero-order valence-electron chi connectivity index (χ0n) is 15.8. The van der Waals surface area contributed by atoms with E-state index >= 15 is 0 Å². The van der Waals surface area contributed by atoms with Crippen LogP contribution in [0.15, 0.2) is 54.6 Å². The third-order valence-electron chi connectivity index (χ3n) is 4.24. The number of hydrogen-bond donors (Lipinski definition) is 1. The Hall–Kier alpha value is -1.85. The van der Waals surface area contributed by atoms with Crippen LogP contribution in [-0.2, 0) is 25.0 Å². The molecule has 2 aromatic carbocycles. The predicted octanol–water partition coefficient (Wildman–Crippen LogP) is 5.53. The molecule has 0 aliphatic carbocycles. The lowest BCUT2D eigenvalue weighted by atomic mass is 9.97. The highest BCUT2D eigenvalue weighted by molar-refractivity contribution is 7.54. The predicted molar refractivity (Wildman–Crippen MR) is 107 cm³/mol. The fourth-order valence-corrected chi connectivity index (χ4v) is 4.98. The number of carbonyl (C=O) groups excluding carboxylic acids is 1. The average Bonchev–Trinajstić information content (AvgIpc) is 2.69. The molecule has 28 heavy (non-hydrogen) atoms. The zero-order chi connectivity index (χ0) is 20.2. The minimum atomic E-state index is -3.65. The molecule has 1 N–H and O–H groups in total. The molecule has 2 aromatic rings. The van der Waals surface area contributed by atoms with Gasteiger partial charge in [-0.15, -0.1) is 0 Å². The minimum absolute atomic E-state index is 0.0963. The summed E-state index contributed by atoms with van der Waals surface area (Å²) in [5.74, 6) is -0.996. The number of benzene rings is 2. The van der Waals surface area contributed by atoms with Crippen LogP contribution in [0.3, 0.4) is 0 Å². The van der Waals surface area contributed by atoms with Crippen molar-refractivity contribution in [3.8, 4) is 0 Å². The Balaban J connectivity index is 1.75. The number of nitrogens with one attached hydrogen (secondary N) is 1. The molecule has 0 saturated carbocycles. The maximum Gasteiger partial charge on any atom is 0.408 e. The van der Waals surface area contributed by atoms with Crippen molar-refractivity contribution in [2.45, 2.75) is 26.2 Å². The van der Waals surface area contributed by atoms with Crippen molar-refractivity contribution in [1.82, 2.24) is 5.32 Å². The van der Waals surface area contributed by atoms with Gasteiger partial charge in [-0.1, -0.05) is 67.9 Å². The van der Waals surface area contributed by atoms with Crippen molar-refractivity contribution >= 4 is 25.3 Å². The molecule has 0 bridgehead atoms. The van der Waals surface area contributed by atoms with E-state index < -0.39 is 19.5 Å². The molecular formula is C20H23ClNO5P. The van der Waals surface area contributed by atoms with E-state index in [0.29, 0.717) is 10.6 Å². The van der Waals surface area contributed by atoms with Gasteiger partial charge in [0, 0.05) is 10.4 Å². The van der Waals surface area contributed by atoms with E-state index in [0.717, 1.165) is 5.56 Å². The first-order valence-electron chi connectivity index (χ1n) is 8.89. The SMILES string of the molecule is CC1(C)COP(=O)(C(NC(=O)OCc2ccccc2)c2ccc(Cl)cc2)OC1. The maximum atomic E-state index is 13.4. The minimum Gasteiger partial charge on any atom is -0.445 e. The van der Waals surface area contributed by atoms with Gasteiger partial charge in [0.25, 0.3) is 0 Å². The Morgan fingerprint density at radius 2 is 1.75 bits per heavy atom. The average molecular weight is 424 g/mol. The van der Waals surface area contributed by atoms with E-state index in [-0.39, 0.29) is 25.2 Å². The van der Waals surface area contributed by atoms with Gasteiger partial charge < -0.3 is 19.1 Å². The summed E-state index contributed by atoms with van der Waals surface area (Å²) in [7, 11) is -3.65. The van der Waals surface area contributed by atoms with Crippen LogP contribution < -0.4 is 5.32 Å². The van der Waals surface area contributed by atoms with Crippen molar-refractivity contribution in [3.63, 3.8) is 0 Å². The van der Waals surface area contributed by atoms with Crippen LogP contribution in [0, 0.1) is 5.41 Å². The van der Waals surface area contributed by atoms with Crippen LogP contribution >= 0.6 is 19.2 Å². The first kappa shape index (κ1) is 20.9. The number of rotatable bonds is 5. The van der Waals surface area contributed by atoms with E-state index in [9.17, 15) is 9.36 Å². The van der Waals surface area contributed by atoms with Crippen LogP contribution in [0.25, 0.3) is 0 Å². The molecule has 6 nitrogen and oxygen atoms in total. The molecule has 1 unspecified atom stereocenters. The number of halogens is 1. The molecule has 0 spiro atoms. The third-order valence-corrected chi connectivity index (χ3v) is 6.53. The number of amides is 1.